The molecule has 2 aliphatic rings. The monoisotopic (exact) mass is 261 g/mol. The first-order valence-electron chi connectivity index (χ1n) is 7.30. The number of morpholine rings is 1. The van der Waals surface area contributed by atoms with E-state index in [4.69, 9.17) is 4.74 Å². The summed E-state index contributed by atoms with van der Waals surface area (Å²) in [5.41, 5.74) is 4.68. The van der Waals surface area contributed by atoms with E-state index < -0.39 is 0 Å². The average Bonchev–Trinajstić information content (AvgIpc) is 2.50. The molecular formula is C15H23N3O. The molecule has 1 N–H and O–H groups in total. The first kappa shape index (κ1) is 12.9. The zero-order chi connectivity index (χ0) is 12.9. The van der Waals surface area contributed by atoms with Gasteiger partial charge in [-0.15, -0.1) is 0 Å². The lowest BCUT2D eigenvalue weighted by Crippen LogP contribution is -2.50. The molecule has 2 fully saturated rings. The third-order valence-electron chi connectivity index (χ3n) is 4.09. The topological polar surface area (TPSA) is 27.7 Å². The van der Waals surface area contributed by atoms with Gasteiger partial charge in [-0.3, -0.25) is 4.90 Å². The van der Waals surface area contributed by atoms with Gasteiger partial charge < -0.3 is 10.2 Å². The summed E-state index contributed by atoms with van der Waals surface area (Å²) in [4.78, 5) is 2.60. The number of ether oxygens (including phenoxy) is 1. The molecule has 2 aliphatic heterocycles. The standard InChI is InChI=1S/C15H23N3O/c1-2-4-14(5-3-1)16-18-8-6-15(7-9-18)17-10-12-19-13-11-17/h1-5,15-16H,6-13H2. The van der Waals surface area contributed by atoms with Gasteiger partial charge in [-0.25, -0.2) is 5.01 Å². The number of rotatable bonds is 3. The van der Waals surface area contributed by atoms with E-state index in [9.17, 15) is 0 Å². The summed E-state index contributed by atoms with van der Waals surface area (Å²) in [5.74, 6) is 0. The average molecular weight is 261 g/mol. The highest BCUT2D eigenvalue weighted by Crippen LogP contribution is 2.18. The van der Waals surface area contributed by atoms with Crippen molar-refractivity contribution in [2.75, 3.05) is 44.8 Å². The summed E-state index contributed by atoms with van der Waals surface area (Å²) in [6.07, 6.45) is 2.50. The molecule has 3 rings (SSSR count). The molecule has 2 saturated heterocycles. The van der Waals surface area contributed by atoms with Gasteiger partial charge in [0.1, 0.15) is 0 Å². The zero-order valence-electron chi connectivity index (χ0n) is 11.4. The second-order valence-electron chi connectivity index (χ2n) is 5.34. The number of hydrazine groups is 1. The second-order valence-corrected chi connectivity index (χ2v) is 5.34. The minimum atomic E-state index is 0.748. The van der Waals surface area contributed by atoms with E-state index in [-0.39, 0.29) is 0 Å². The summed E-state index contributed by atoms with van der Waals surface area (Å²) < 4.78 is 5.43. The molecule has 0 bridgehead atoms. The minimum Gasteiger partial charge on any atom is -0.379 e. The Hall–Kier alpha value is -1.10. The Morgan fingerprint density at radius 2 is 1.63 bits per heavy atom. The van der Waals surface area contributed by atoms with Crippen LogP contribution in [0.25, 0.3) is 0 Å². The lowest BCUT2D eigenvalue weighted by Gasteiger charge is -2.40. The quantitative estimate of drug-likeness (QED) is 0.898. The van der Waals surface area contributed by atoms with Gasteiger partial charge >= 0.3 is 0 Å². The summed E-state index contributed by atoms with van der Waals surface area (Å²) in [7, 11) is 0. The first-order chi connectivity index (χ1) is 9.42. The number of para-hydroxylation sites is 1. The molecule has 0 saturated carbocycles. The van der Waals surface area contributed by atoms with Crippen molar-refractivity contribution in [2.45, 2.75) is 18.9 Å². The van der Waals surface area contributed by atoms with Crippen LogP contribution in [0, 0.1) is 0 Å². The first-order valence-corrected chi connectivity index (χ1v) is 7.30. The third-order valence-corrected chi connectivity index (χ3v) is 4.09. The Kier molecular flexibility index (Phi) is 4.33. The molecule has 0 radical (unpaired) electrons. The van der Waals surface area contributed by atoms with Crippen LogP contribution in [0.5, 0.6) is 0 Å². The van der Waals surface area contributed by atoms with E-state index >= 15 is 0 Å². The van der Waals surface area contributed by atoms with Crippen molar-refractivity contribution in [1.82, 2.24) is 9.91 Å². The van der Waals surface area contributed by atoms with Crippen molar-refractivity contribution in [1.29, 1.82) is 0 Å². The highest BCUT2D eigenvalue weighted by atomic mass is 16.5. The van der Waals surface area contributed by atoms with E-state index in [1.807, 2.05) is 0 Å². The molecule has 19 heavy (non-hydrogen) atoms. The van der Waals surface area contributed by atoms with Gasteiger partial charge in [0.15, 0.2) is 0 Å². The SMILES string of the molecule is c1ccc(NN2CCC(N3CCOCC3)CC2)cc1. The van der Waals surface area contributed by atoms with Crippen LogP contribution in [-0.4, -0.2) is 55.3 Å². The Morgan fingerprint density at radius 1 is 0.947 bits per heavy atom. The third kappa shape index (κ3) is 3.47. The number of anilines is 1. The number of nitrogens with zero attached hydrogens (tertiary/aromatic N) is 2. The zero-order valence-corrected chi connectivity index (χ0v) is 11.4. The molecule has 2 heterocycles. The molecule has 4 nitrogen and oxygen atoms in total. The molecule has 1 aromatic carbocycles. The van der Waals surface area contributed by atoms with Crippen molar-refractivity contribution < 1.29 is 4.74 Å². The minimum absolute atomic E-state index is 0.748. The smallest absolute Gasteiger partial charge is 0.0594 e. The van der Waals surface area contributed by atoms with Crippen molar-refractivity contribution in [3.63, 3.8) is 0 Å². The number of nitrogens with one attached hydrogen (secondary N) is 1. The van der Waals surface area contributed by atoms with Gasteiger partial charge in [0.25, 0.3) is 0 Å². The van der Waals surface area contributed by atoms with Gasteiger partial charge in [-0.1, -0.05) is 18.2 Å². The fourth-order valence-electron chi connectivity index (χ4n) is 2.98. The predicted octanol–water partition coefficient (Wildman–Crippen LogP) is 1.81. The molecule has 0 aromatic heterocycles. The molecule has 0 amide bonds. The second kappa shape index (κ2) is 6.37. The fraction of sp³-hybridized carbons (Fsp3) is 0.600. The molecule has 4 heteroatoms. The Labute approximate surface area is 115 Å². The van der Waals surface area contributed by atoms with Gasteiger partial charge in [-0.2, -0.15) is 0 Å². The van der Waals surface area contributed by atoms with Crippen LogP contribution in [0.4, 0.5) is 5.69 Å². The van der Waals surface area contributed by atoms with Crippen LogP contribution in [-0.2, 0) is 4.74 Å². The normalized spacial score (nSPS) is 23.4. The van der Waals surface area contributed by atoms with E-state index in [0.717, 1.165) is 45.4 Å². The van der Waals surface area contributed by atoms with Crippen molar-refractivity contribution in [2.24, 2.45) is 0 Å². The highest BCUT2D eigenvalue weighted by Gasteiger charge is 2.25. The Bertz CT molecular complexity index is 370. The largest absolute Gasteiger partial charge is 0.379 e. The Balaban J connectivity index is 1.46. The van der Waals surface area contributed by atoms with E-state index in [1.54, 1.807) is 0 Å². The van der Waals surface area contributed by atoms with Crippen LogP contribution in [0.15, 0.2) is 30.3 Å². The maximum absolute atomic E-state index is 5.43. The lowest BCUT2D eigenvalue weighted by molar-refractivity contribution is 0.00282. The molecular weight excluding hydrogens is 238 g/mol. The van der Waals surface area contributed by atoms with Gasteiger partial charge in [0, 0.05) is 37.9 Å². The van der Waals surface area contributed by atoms with Crippen molar-refractivity contribution in [3.05, 3.63) is 30.3 Å². The number of piperidine rings is 1. The lowest BCUT2D eigenvalue weighted by atomic mass is 10.0. The van der Waals surface area contributed by atoms with E-state index in [0.29, 0.717) is 0 Å². The van der Waals surface area contributed by atoms with Gasteiger partial charge in [-0.05, 0) is 25.0 Å². The maximum Gasteiger partial charge on any atom is 0.0594 e. The Morgan fingerprint density at radius 3 is 2.32 bits per heavy atom. The van der Waals surface area contributed by atoms with Crippen LogP contribution in [0.1, 0.15) is 12.8 Å². The molecule has 0 atom stereocenters. The number of benzene rings is 1. The summed E-state index contributed by atoms with van der Waals surface area (Å²) in [5, 5.41) is 2.34. The maximum atomic E-state index is 5.43. The van der Waals surface area contributed by atoms with Crippen LogP contribution in [0.3, 0.4) is 0 Å². The van der Waals surface area contributed by atoms with Gasteiger partial charge in [0.2, 0.25) is 0 Å². The molecule has 104 valence electrons. The predicted molar refractivity (Wildman–Crippen MR) is 77.1 cm³/mol. The fourth-order valence-corrected chi connectivity index (χ4v) is 2.98. The molecule has 0 aliphatic carbocycles. The molecule has 0 unspecified atom stereocenters. The number of hydrogen-bond donors (Lipinski definition) is 1. The van der Waals surface area contributed by atoms with Crippen molar-refractivity contribution >= 4 is 5.69 Å². The molecule has 0 spiro atoms. The summed E-state index contributed by atoms with van der Waals surface area (Å²) in [6, 6.07) is 11.2. The summed E-state index contributed by atoms with van der Waals surface area (Å²) >= 11 is 0. The van der Waals surface area contributed by atoms with E-state index in [1.165, 1.54) is 18.5 Å². The number of hydrogen-bond acceptors (Lipinski definition) is 4. The van der Waals surface area contributed by atoms with E-state index in [2.05, 4.69) is 45.7 Å². The van der Waals surface area contributed by atoms with Crippen LogP contribution >= 0.6 is 0 Å². The molecule has 1 aromatic rings. The highest BCUT2D eigenvalue weighted by molar-refractivity contribution is 5.41. The van der Waals surface area contributed by atoms with Gasteiger partial charge in [0.05, 0.1) is 13.2 Å². The van der Waals surface area contributed by atoms with Crippen LogP contribution in [0.2, 0.25) is 0 Å². The summed E-state index contributed by atoms with van der Waals surface area (Å²) in [6.45, 7) is 6.27. The van der Waals surface area contributed by atoms with Crippen LogP contribution < -0.4 is 5.43 Å². The van der Waals surface area contributed by atoms with Crippen molar-refractivity contribution in [3.8, 4) is 0 Å².